The monoisotopic (exact) mass is 693 g/mol. The largest absolute Gasteiger partial charge is 0.456 e. The van der Waals surface area contributed by atoms with Gasteiger partial charge in [0.05, 0.1) is 22.1 Å². The fraction of sp³-hybridized carbons (Fsp3) is 0.0588. The van der Waals surface area contributed by atoms with Crippen LogP contribution in [0.5, 0.6) is 0 Å². The minimum absolute atomic E-state index is 0.215. The van der Waals surface area contributed by atoms with Crippen molar-refractivity contribution in [3.63, 3.8) is 0 Å². The van der Waals surface area contributed by atoms with Crippen molar-refractivity contribution in [2.24, 2.45) is 0 Å². The highest BCUT2D eigenvalue weighted by Gasteiger charge is 2.38. The number of para-hydroxylation sites is 1. The molecule has 2 aromatic heterocycles. The summed E-state index contributed by atoms with van der Waals surface area (Å²) in [5.74, 6) is 0. The van der Waals surface area contributed by atoms with E-state index in [0.717, 1.165) is 72.1 Å². The molecule has 256 valence electrons. The van der Waals surface area contributed by atoms with Crippen molar-refractivity contribution < 1.29 is 8.83 Å². The molecule has 1 aliphatic rings. The van der Waals surface area contributed by atoms with Crippen molar-refractivity contribution >= 4 is 60.9 Å². The van der Waals surface area contributed by atoms with Gasteiger partial charge in [0.1, 0.15) is 22.3 Å². The van der Waals surface area contributed by atoms with Crippen LogP contribution in [0, 0.1) is 0 Å². The molecule has 0 aliphatic heterocycles. The fourth-order valence-electron chi connectivity index (χ4n) is 8.93. The average molecular weight is 694 g/mol. The third-order valence-electron chi connectivity index (χ3n) is 11.5. The van der Waals surface area contributed by atoms with Gasteiger partial charge in [0.2, 0.25) is 0 Å². The first-order valence-electron chi connectivity index (χ1n) is 18.6. The fourth-order valence-corrected chi connectivity index (χ4v) is 8.93. The Balaban J connectivity index is 1.25. The molecule has 0 saturated heterocycles. The minimum atomic E-state index is -0.215. The molecule has 0 amide bonds. The second-order valence-corrected chi connectivity index (χ2v) is 14.9. The highest BCUT2D eigenvalue weighted by molar-refractivity contribution is 6.18. The summed E-state index contributed by atoms with van der Waals surface area (Å²) in [6.07, 6.45) is 0. The van der Waals surface area contributed by atoms with Gasteiger partial charge < -0.3 is 13.7 Å². The summed E-state index contributed by atoms with van der Waals surface area (Å²) in [6.45, 7) is 4.72. The zero-order chi connectivity index (χ0) is 36.0. The van der Waals surface area contributed by atoms with Crippen LogP contribution in [0.15, 0.2) is 185 Å². The number of nitrogens with zero attached hydrogens (tertiary/aromatic N) is 1. The van der Waals surface area contributed by atoms with Gasteiger partial charge in [-0.3, -0.25) is 0 Å². The molecule has 0 saturated carbocycles. The highest BCUT2D eigenvalue weighted by Crippen LogP contribution is 2.55. The molecule has 1 aliphatic carbocycles. The van der Waals surface area contributed by atoms with Crippen molar-refractivity contribution in [1.82, 2.24) is 0 Å². The standard InChI is InChI=1S/C51H35NO2/c1-51(2)40-21-11-9-19-36(40)48-39(33-17-7-4-8-18-33)30-35(31-41(48)51)52(42-22-13-25-45-49(42)37-20-10-12-24-44(37)53-45)43-23-14-26-46-50(43)38-28-27-34(29-47(38)54-46)32-15-5-3-6-16-32/h3-31H,1-2H3. The van der Waals surface area contributed by atoms with Gasteiger partial charge >= 0.3 is 0 Å². The van der Waals surface area contributed by atoms with Crippen LogP contribution in [0.25, 0.3) is 77.3 Å². The lowest BCUT2D eigenvalue weighted by atomic mass is 9.81. The van der Waals surface area contributed by atoms with E-state index in [9.17, 15) is 0 Å². The molecule has 0 fully saturated rings. The smallest absolute Gasteiger partial charge is 0.137 e. The van der Waals surface area contributed by atoms with Crippen molar-refractivity contribution in [2.45, 2.75) is 19.3 Å². The van der Waals surface area contributed by atoms with Gasteiger partial charge in [0.15, 0.2) is 0 Å². The summed E-state index contributed by atoms with van der Waals surface area (Å²) in [7, 11) is 0. The zero-order valence-electron chi connectivity index (χ0n) is 30.0. The maximum atomic E-state index is 6.72. The molecule has 0 unspecified atom stereocenters. The lowest BCUT2D eigenvalue weighted by Gasteiger charge is -2.30. The third kappa shape index (κ3) is 4.48. The van der Waals surface area contributed by atoms with Gasteiger partial charge in [-0.1, -0.05) is 135 Å². The van der Waals surface area contributed by atoms with Crippen molar-refractivity contribution in [3.8, 4) is 33.4 Å². The Morgan fingerprint density at radius 2 is 1.00 bits per heavy atom. The van der Waals surface area contributed by atoms with E-state index in [0.29, 0.717) is 0 Å². The Labute approximate surface area is 313 Å². The van der Waals surface area contributed by atoms with Crippen LogP contribution < -0.4 is 4.90 Å². The van der Waals surface area contributed by atoms with Crippen LogP contribution in [0.1, 0.15) is 25.0 Å². The van der Waals surface area contributed by atoms with Crippen LogP contribution in [-0.2, 0) is 5.41 Å². The number of hydrogen-bond donors (Lipinski definition) is 0. The summed E-state index contributed by atoms with van der Waals surface area (Å²) in [6, 6.07) is 62.9. The van der Waals surface area contributed by atoms with Crippen LogP contribution in [0.4, 0.5) is 17.1 Å². The summed E-state index contributed by atoms with van der Waals surface area (Å²) in [5.41, 5.74) is 16.3. The summed E-state index contributed by atoms with van der Waals surface area (Å²) in [5, 5.41) is 4.31. The third-order valence-corrected chi connectivity index (χ3v) is 11.5. The molecule has 3 nitrogen and oxygen atoms in total. The number of furan rings is 2. The molecule has 0 bridgehead atoms. The predicted octanol–water partition coefficient (Wildman–Crippen LogP) is 14.6. The normalized spacial score (nSPS) is 13.1. The average Bonchev–Trinajstić information content (AvgIpc) is 3.86. The maximum Gasteiger partial charge on any atom is 0.137 e. The number of anilines is 3. The topological polar surface area (TPSA) is 29.5 Å². The summed E-state index contributed by atoms with van der Waals surface area (Å²) < 4.78 is 13.2. The first-order chi connectivity index (χ1) is 26.5. The molecular weight excluding hydrogens is 659 g/mol. The Morgan fingerprint density at radius 1 is 0.407 bits per heavy atom. The molecule has 0 atom stereocenters. The zero-order valence-corrected chi connectivity index (χ0v) is 30.0. The Kier molecular flexibility index (Phi) is 6.60. The van der Waals surface area contributed by atoms with E-state index in [1.807, 2.05) is 6.07 Å². The molecule has 10 aromatic rings. The van der Waals surface area contributed by atoms with E-state index >= 15 is 0 Å². The number of rotatable bonds is 5. The second kappa shape index (κ2) is 11.6. The number of benzene rings is 8. The number of hydrogen-bond acceptors (Lipinski definition) is 3. The number of fused-ring (bicyclic) bond motifs is 9. The Bertz CT molecular complexity index is 3080. The molecule has 3 heteroatoms. The van der Waals surface area contributed by atoms with E-state index in [4.69, 9.17) is 8.83 Å². The maximum absolute atomic E-state index is 6.72. The first kappa shape index (κ1) is 30.8. The van der Waals surface area contributed by atoms with Crippen LogP contribution in [0.3, 0.4) is 0 Å². The lowest BCUT2D eigenvalue weighted by Crippen LogP contribution is -2.17. The molecule has 0 spiro atoms. The molecule has 0 N–H and O–H groups in total. The SMILES string of the molecule is CC1(C)c2ccccc2-c2c(-c3ccccc3)cc(N(c3cccc4oc5ccccc5c34)c3cccc4oc5cc(-c6ccccc6)ccc5c34)cc21. The van der Waals surface area contributed by atoms with E-state index < -0.39 is 0 Å². The Hall–Kier alpha value is -6.84. The van der Waals surface area contributed by atoms with Gasteiger partial charge in [0, 0.05) is 21.9 Å². The lowest BCUT2D eigenvalue weighted by molar-refractivity contribution is 0.660. The minimum Gasteiger partial charge on any atom is -0.456 e. The van der Waals surface area contributed by atoms with Gasteiger partial charge in [-0.2, -0.15) is 0 Å². The molecule has 2 heterocycles. The van der Waals surface area contributed by atoms with Gasteiger partial charge in [-0.25, -0.2) is 0 Å². The van der Waals surface area contributed by atoms with E-state index in [2.05, 4.69) is 189 Å². The molecule has 8 aromatic carbocycles. The highest BCUT2D eigenvalue weighted by atomic mass is 16.3. The van der Waals surface area contributed by atoms with Crippen molar-refractivity contribution in [1.29, 1.82) is 0 Å². The van der Waals surface area contributed by atoms with Crippen molar-refractivity contribution in [3.05, 3.63) is 187 Å². The van der Waals surface area contributed by atoms with Gasteiger partial charge in [-0.15, -0.1) is 0 Å². The van der Waals surface area contributed by atoms with E-state index in [1.54, 1.807) is 0 Å². The van der Waals surface area contributed by atoms with Gasteiger partial charge in [0.25, 0.3) is 0 Å². The molecule has 54 heavy (non-hydrogen) atoms. The van der Waals surface area contributed by atoms with Crippen LogP contribution in [0.2, 0.25) is 0 Å². The van der Waals surface area contributed by atoms with E-state index in [-0.39, 0.29) is 5.41 Å². The first-order valence-corrected chi connectivity index (χ1v) is 18.6. The quantitative estimate of drug-likeness (QED) is 0.180. The second-order valence-electron chi connectivity index (χ2n) is 14.9. The summed E-state index contributed by atoms with van der Waals surface area (Å²) in [4.78, 5) is 2.44. The molecule has 11 rings (SSSR count). The van der Waals surface area contributed by atoms with Crippen molar-refractivity contribution in [2.75, 3.05) is 4.90 Å². The molecular formula is C51H35NO2. The molecule has 0 radical (unpaired) electrons. The van der Waals surface area contributed by atoms with Crippen LogP contribution >= 0.6 is 0 Å². The van der Waals surface area contributed by atoms with Crippen LogP contribution in [-0.4, -0.2) is 0 Å². The Morgan fingerprint density at radius 3 is 1.74 bits per heavy atom. The van der Waals surface area contributed by atoms with Gasteiger partial charge in [-0.05, 0) is 99.1 Å². The van der Waals surface area contributed by atoms with E-state index in [1.165, 1.54) is 33.4 Å². The summed E-state index contributed by atoms with van der Waals surface area (Å²) >= 11 is 0. The predicted molar refractivity (Wildman–Crippen MR) is 224 cm³/mol.